The number of nitrogens with zero attached hydrogens (tertiary/aromatic N) is 3. The molecular weight excluding hydrogens is 615 g/mol. The Balaban J connectivity index is 1.23. The van der Waals surface area contributed by atoms with Crippen molar-refractivity contribution >= 4 is 76.2 Å². The molecule has 0 saturated heterocycles. The van der Waals surface area contributed by atoms with Gasteiger partial charge in [-0.3, -0.25) is 0 Å². The Kier molecular flexibility index (Phi) is 5.60. The SMILES string of the molecule is c1ccc2cc(-c3nc(-c4cc5ccc6oc7ccccc7c6c5c5ccccc45)nc(-c4cccc5oc6ccccc6c45)n3)ccc2c1. The molecule has 3 heterocycles. The molecular formula is C45H25N3O2. The van der Waals surface area contributed by atoms with Crippen LogP contribution in [0, 0.1) is 0 Å². The molecule has 11 aromatic rings. The van der Waals surface area contributed by atoms with E-state index >= 15 is 0 Å². The first-order valence-electron chi connectivity index (χ1n) is 16.7. The third-order valence-electron chi connectivity index (χ3n) is 9.89. The zero-order chi connectivity index (χ0) is 32.8. The molecule has 5 heteroatoms. The Labute approximate surface area is 285 Å². The maximum atomic E-state index is 6.30. The predicted molar refractivity (Wildman–Crippen MR) is 203 cm³/mol. The molecule has 11 rings (SSSR count). The van der Waals surface area contributed by atoms with Crippen LogP contribution in [-0.2, 0) is 0 Å². The van der Waals surface area contributed by atoms with Crippen molar-refractivity contribution in [3.63, 3.8) is 0 Å². The molecule has 0 unspecified atom stereocenters. The summed E-state index contributed by atoms with van der Waals surface area (Å²) in [6.07, 6.45) is 0. The number of hydrogen-bond acceptors (Lipinski definition) is 5. The lowest BCUT2D eigenvalue weighted by atomic mass is 9.93. The highest BCUT2D eigenvalue weighted by Crippen LogP contribution is 2.42. The van der Waals surface area contributed by atoms with Crippen LogP contribution in [0.2, 0.25) is 0 Å². The van der Waals surface area contributed by atoms with Gasteiger partial charge in [0.1, 0.15) is 22.3 Å². The van der Waals surface area contributed by atoms with Gasteiger partial charge in [-0.15, -0.1) is 0 Å². The van der Waals surface area contributed by atoms with Crippen LogP contribution >= 0.6 is 0 Å². The number of furan rings is 2. The van der Waals surface area contributed by atoms with E-state index in [2.05, 4.69) is 109 Å². The van der Waals surface area contributed by atoms with Crippen molar-refractivity contribution in [1.82, 2.24) is 15.0 Å². The number of hydrogen-bond donors (Lipinski definition) is 0. The van der Waals surface area contributed by atoms with E-state index in [1.165, 1.54) is 5.39 Å². The van der Waals surface area contributed by atoms with Crippen molar-refractivity contribution in [2.75, 3.05) is 0 Å². The molecule has 0 aliphatic rings. The van der Waals surface area contributed by atoms with Gasteiger partial charge in [0, 0.05) is 43.6 Å². The van der Waals surface area contributed by atoms with Crippen molar-refractivity contribution in [3.8, 4) is 34.2 Å². The van der Waals surface area contributed by atoms with E-state index in [1.54, 1.807) is 0 Å². The molecule has 0 N–H and O–H groups in total. The minimum absolute atomic E-state index is 0.593. The predicted octanol–water partition coefficient (Wildman–Crippen LogP) is 12.1. The summed E-state index contributed by atoms with van der Waals surface area (Å²) in [6, 6.07) is 52.1. The fraction of sp³-hybridized carbons (Fsp3) is 0. The fourth-order valence-electron chi connectivity index (χ4n) is 7.63. The van der Waals surface area contributed by atoms with Gasteiger partial charge < -0.3 is 8.83 Å². The Bertz CT molecular complexity index is 3170. The van der Waals surface area contributed by atoms with Gasteiger partial charge in [0.15, 0.2) is 17.5 Å². The average Bonchev–Trinajstić information content (AvgIpc) is 3.76. The zero-order valence-corrected chi connectivity index (χ0v) is 26.6. The van der Waals surface area contributed by atoms with Gasteiger partial charge in [0.25, 0.3) is 0 Å². The summed E-state index contributed by atoms with van der Waals surface area (Å²) in [6.45, 7) is 0. The summed E-state index contributed by atoms with van der Waals surface area (Å²) in [5, 5.41) is 11.0. The van der Waals surface area contributed by atoms with Crippen LogP contribution in [0.25, 0.3) is 110 Å². The summed E-state index contributed by atoms with van der Waals surface area (Å²) >= 11 is 0. The lowest BCUT2D eigenvalue weighted by Gasteiger charge is -2.13. The standard InChI is InChI=1S/C45H25N3O2/c1-2-11-27-24-29(21-20-26(27)10-1)43-46-44(34-16-9-19-38-41(34)32-14-5-7-17-36(32)49-38)48-45(47-43)35-25-28-22-23-39-42(33-15-6-8-18-37(33)50-39)40(28)31-13-4-3-12-30(31)35/h1-25H. The lowest BCUT2D eigenvalue weighted by Crippen LogP contribution is -2.01. The van der Waals surface area contributed by atoms with E-state index in [0.717, 1.165) is 87.5 Å². The highest BCUT2D eigenvalue weighted by Gasteiger charge is 2.21. The number of para-hydroxylation sites is 2. The van der Waals surface area contributed by atoms with E-state index < -0.39 is 0 Å². The lowest BCUT2D eigenvalue weighted by molar-refractivity contribution is 0.668. The van der Waals surface area contributed by atoms with Gasteiger partial charge in [-0.2, -0.15) is 0 Å². The van der Waals surface area contributed by atoms with Crippen LogP contribution in [0.4, 0.5) is 0 Å². The minimum atomic E-state index is 0.593. The minimum Gasteiger partial charge on any atom is -0.456 e. The molecule has 0 radical (unpaired) electrons. The average molecular weight is 640 g/mol. The van der Waals surface area contributed by atoms with Gasteiger partial charge in [-0.1, -0.05) is 115 Å². The zero-order valence-electron chi connectivity index (χ0n) is 26.6. The second-order valence-electron chi connectivity index (χ2n) is 12.7. The summed E-state index contributed by atoms with van der Waals surface area (Å²) < 4.78 is 12.6. The van der Waals surface area contributed by atoms with E-state index in [1.807, 2.05) is 42.5 Å². The molecule has 232 valence electrons. The Morgan fingerprint density at radius 2 is 0.900 bits per heavy atom. The molecule has 0 atom stereocenters. The van der Waals surface area contributed by atoms with E-state index in [4.69, 9.17) is 23.8 Å². The first-order chi connectivity index (χ1) is 24.8. The number of aromatic nitrogens is 3. The monoisotopic (exact) mass is 639 g/mol. The van der Waals surface area contributed by atoms with Crippen molar-refractivity contribution in [2.45, 2.75) is 0 Å². The van der Waals surface area contributed by atoms with Crippen LogP contribution in [0.1, 0.15) is 0 Å². The summed E-state index contributed by atoms with van der Waals surface area (Å²) in [5.74, 6) is 1.81. The molecule has 0 aliphatic carbocycles. The molecule has 3 aromatic heterocycles. The molecule has 0 aliphatic heterocycles. The Morgan fingerprint density at radius 3 is 1.70 bits per heavy atom. The maximum absolute atomic E-state index is 6.30. The summed E-state index contributed by atoms with van der Waals surface area (Å²) in [4.78, 5) is 15.7. The van der Waals surface area contributed by atoms with Crippen LogP contribution in [-0.4, -0.2) is 15.0 Å². The van der Waals surface area contributed by atoms with E-state index in [0.29, 0.717) is 17.5 Å². The second kappa shape index (κ2) is 10.3. The topological polar surface area (TPSA) is 65.0 Å². The molecule has 0 spiro atoms. The van der Waals surface area contributed by atoms with Crippen molar-refractivity contribution < 1.29 is 8.83 Å². The van der Waals surface area contributed by atoms with Crippen molar-refractivity contribution in [3.05, 3.63) is 152 Å². The van der Waals surface area contributed by atoms with Gasteiger partial charge in [-0.05, 0) is 63.3 Å². The molecule has 0 amide bonds. The quantitative estimate of drug-likeness (QED) is 0.180. The molecule has 50 heavy (non-hydrogen) atoms. The summed E-state index contributed by atoms with van der Waals surface area (Å²) in [5.41, 5.74) is 6.15. The highest BCUT2D eigenvalue weighted by molar-refractivity contribution is 6.28. The van der Waals surface area contributed by atoms with Crippen LogP contribution < -0.4 is 0 Å². The highest BCUT2D eigenvalue weighted by atomic mass is 16.3. The summed E-state index contributed by atoms with van der Waals surface area (Å²) in [7, 11) is 0. The molecule has 0 fully saturated rings. The number of rotatable bonds is 3. The van der Waals surface area contributed by atoms with Gasteiger partial charge in [-0.25, -0.2) is 15.0 Å². The first kappa shape index (κ1) is 27.1. The maximum Gasteiger partial charge on any atom is 0.164 e. The Hall–Kier alpha value is -6.85. The van der Waals surface area contributed by atoms with E-state index in [-0.39, 0.29) is 0 Å². The molecule has 8 aromatic carbocycles. The second-order valence-corrected chi connectivity index (χ2v) is 12.7. The van der Waals surface area contributed by atoms with Crippen LogP contribution in [0.15, 0.2) is 160 Å². The normalized spacial score (nSPS) is 12.0. The Morgan fingerprint density at radius 1 is 0.320 bits per heavy atom. The smallest absolute Gasteiger partial charge is 0.164 e. The fourth-order valence-corrected chi connectivity index (χ4v) is 7.63. The van der Waals surface area contributed by atoms with Crippen molar-refractivity contribution in [2.24, 2.45) is 0 Å². The first-order valence-corrected chi connectivity index (χ1v) is 16.7. The van der Waals surface area contributed by atoms with E-state index in [9.17, 15) is 0 Å². The number of benzene rings is 8. The van der Waals surface area contributed by atoms with Crippen LogP contribution in [0.3, 0.4) is 0 Å². The third-order valence-corrected chi connectivity index (χ3v) is 9.89. The van der Waals surface area contributed by atoms with Gasteiger partial charge in [0.2, 0.25) is 0 Å². The van der Waals surface area contributed by atoms with Crippen LogP contribution in [0.5, 0.6) is 0 Å². The molecule has 0 saturated carbocycles. The largest absolute Gasteiger partial charge is 0.456 e. The van der Waals surface area contributed by atoms with Gasteiger partial charge in [0.05, 0.1) is 0 Å². The third kappa shape index (κ3) is 3.98. The molecule has 0 bridgehead atoms. The molecule has 5 nitrogen and oxygen atoms in total. The van der Waals surface area contributed by atoms with Gasteiger partial charge >= 0.3 is 0 Å². The van der Waals surface area contributed by atoms with Crippen molar-refractivity contribution in [1.29, 1.82) is 0 Å². The number of fused-ring (bicyclic) bond motifs is 11.